The number of hydrogen-bond donors (Lipinski definition) is 1. The molecule has 1 amide bonds. The van der Waals surface area contributed by atoms with Gasteiger partial charge < -0.3 is 18.9 Å². The van der Waals surface area contributed by atoms with E-state index in [4.69, 9.17) is 31.2 Å². The zero-order valence-corrected chi connectivity index (χ0v) is 13.2. The number of carbonyl (C=O) groups is 1. The molecule has 0 bridgehead atoms. The maximum absolute atomic E-state index is 11.4. The van der Waals surface area contributed by atoms with Crippen LogP contribution in [0.5, 0.6) is 17.2 Å². The molecule has 1 saturated heterocycles. The second-order valence-corrected chi connectivity index (χ2v) is 4.56. The Morgan fingerprint density at radius 3 is 2.23 bits per heavy atom. The molecule has 6 nitrogen and oxygen atoms in total. The van der Waals surface area contributed by atoms with Gasteiger partial charge in [0.05, 0.1) is 21.3 Å². The van der Waals surface area contributed by atoms with Gasteiger partial charge in [-0.1, -0.05) is 12.2 Å². The first-order valence-corrected chi connectivity index (χ1v) is 6.71. The van der Waals surface area contributed by atoms with Gasteiger partial charge in [0.25, 0.3) is 11.1 Å². The largest absolute Gasteiger partial charge is 0.493 e. The molecule has 1 aromatic carbocycles. The van der Waals surface area contributed by atoms with E-state index >= 15 is 0 Å². The summed E-state index contributed by atoms with van der Waals surface area (Å²) in [6.45, 7) is 0. The summed E-state index contributed by atoms with van der Waals surface area (Å²) in [4.78, 5) is 11.4. The molecule has 1 heterocycles. The number of amides is 1. The smallest absolute Gasteiger partial charge is 0.294 e. The Morgan fingerprint density at radius 2 is 1.77 bits per heavy atom. The number of benzene rings is 1. The van der Waals surface area contributed by atoms with Crippen molar-refractivity contribution in [1.82, 2.24) is 5.32 Å². The van der Waals surface area contributed by atoms with Gasteiger partial charge in [-0.3, -0.25) is 10.1 Å². The topological polar surface area (TPSA) is 66.0 Å². The average molecular weight is 321 g/mol. The normalized spacial score (nSPS) is 15.9. The van der Waals surface area contributed by atoms with E-state index in [1.54, 1.807) is 45.6 Å². The lowest BCUT2D eigenvalue weighted by Crippen LogP contribution is -2.18. The van der Waals surface area contributed by atoms with E-state index in [1.165, 1.54) is 6.08 Å². The Labute approximate surface area is 133 Å². The van der Waals surface area contributed by atoms with Crippen molar-refractivity contribution in [2.75, 3.05) is 21.3 Å². The Balaban J connectivity index is 2.26. The van der Waals surface area contributed by atoms with Crippen LogP contribution in [-0.4, -0.2) is 32.4 Å². The fourth-order valence-electron chi connectivity index (χ4n) is 1.88. The molecule has 22 heavy (non-hydrogen) atoms. The van der Waals surface area contributed by atoms with Crippen LogP contribution in [0.2, 0.25) is 0 Å². The molecule has 0 saturated carbocycles. The Kier molecular flexibility index (Phi) is 5.00. The summed E-state index contributed by atoms with van der Waals surface area (Å²) in [6, 6.07) is 3.58. The average Bonchev–Trinajstić information content (AvgIpc) is 2.84. The highest BCUT2D eigenvalue weighted by Gasteiger charge is 2.22. The SMILES string of the molecule is COc1cc(C=CC=C2OC(=S)NC2=O)cc(OC)c1OC. The Bertz CT molecular complexity index is 641. The number of ether oxygens (including phenoxy) is 4. The third kappa shape index (κ3) is 3.37. The molecule has 1 fully saturated rings. The zero-order valence-electron chi connectivity index (χ0n) is 12.3. The summed E-state index contributed by atoms with van der Waals surface area (Å²) in [5.74, 6) is 1.40. The molecule has 0 aliphatic carbocycles. The monoisotopic (exact) mass is 321 g/mol. The molecular weight excluding hydrogens is 306 g/mol. The second-order valence-electron chi connectivity index (χ2n) is 4.19. The molecule has 1 N–H and O–H groups in total. The minimum absolute atomic E-state index is 0.0532. The second kappa shape index (κ2) is 6.95. The Hall–Kier alpha value is -2.54. The van der Waals surface area contributed by atoms with Crippen LogP contribution < -0.4 is 19.5 Å². The summed E-state index contributed by atoms with van der Waals surface area (Å²) >= 11 is 4.74. The van der Waals surface area contributed by atoms with E-state index in [-0.39, 0.29) is 16.8 Å². The van der Waals surface area contributed by atoms with E-state index in [2.05, 4.69) is 5.32 Å². The minimum atomic E-state index is -0.362. The van der Waals surface area contributed by atoms with Crippen molar-refractivity contribution < 1.29 is 23.7 Å². The standard InChI is InChI=1S/C15H15NO5S/c1-18-11-7-9(8-12(19-2)13(11)20-3)5-4-6-10-14(17)16-15(22)21-10/h4-8H,1-3H3,(H,16,17,22). The molecule has 0 aromatic heterocycles. The predicted octanol–water partition coefficient (Wildman–Crippen LogP) is 2.04. The van der Waals surface area contributed by atoms with Gasteiger partial charge in [0.1, 0.15) is 0 Å². The lowest BCUT2D eigenvalue weighted by Gasteiger charge is -2.12. The highest BCUT2D eigenvalue weighted by Crippen LogP contribution is 2.38. The number of allylic oxidation sites excluding steroid dienone is 2. The summed E-state index contributed by atoms with van der Waals surface area (Å²) < 4.78 is 20.8. The lowest BCUT2D eigenvalue weighted by molar-refractivity contribution is -0.116. The number of methoxy groups -OCH3 is 3. The van der Waals surface area contributed by atoms with Crippen LogP contribution >= 0.6 is 12.2 Å². The molecule has 0 radical (unpaired) electrons. The molecule has 0 spiro atoms. The summed E-state index contributed by atoms with van der Waals surface area (Å²) in [7, 11) is 4.63. The van der Waals surface area contributed by atoms with Crippen molar-refractivity contribution in [3.8, 4) is 17.2 Å². The molecule has 0 atom stereocenters. The van der Waals surface area contributed by atoms with Crippen LogP contribution in [-0.2, 0) is 9.53 Å². The maximum Gasteiger partial charge on any atom is 0.294 e. The van der Waals surface area contributed by atoms with Crippen LogP contribution in [0.25, 0.3) is 6.08 Å². The fraction of sp³-hybridized carbons (Fsp3) is 0.200. The highest BCUT2D eigenvalue weighted by molar-refractivity contribution is 7.80. The van der Waals surface area contributed by atoms with Crippen molar-refractivity contribution in [3.05, 3.63) is 35.6 Å². The minimum Gasteiger partial charge on any atom is -0.493 e. The predicted molar refractivity (Wildman–Crippen MR) is 85.0 cm³/mol. The first-order chi connectivity index (χ1) is 10.6. The van der Waals surface area contributed by atoms with E-state index < -0.39 is 0 Å². The molecule has 7 heteroatoms. The van der Waals surface area contributed by atoms with Gasteiger partial charge >= 0.3 is 0 Å². The third-order valence-electron chi connectivity index (χ3n) is 2.87. The highest BCUT2D eigenvalue weighted by atomic mass is 32.1. The van der Waals surface area contributed by atoms with Crippen molar-refractivity contribution in [1.29, 1.82) is 0 Å². The van der Waals surface area contributed by atoms with Crippen LogP contribution in [0, 0.1) is 0 Å². The van der Waals surface area contributed by atoms with Gasteiger partial charge in [0, 0.05) is 0 Å². The number of carbonyl (C=O) groups excluding carboxylic acids is 1. The van der Waals surface area contributed by atoms with Gasteiger partial charge in [0.2, 0.25) is 5.75 Å². The van der Waals surface area contributed by atoms with Gasteiger partial charge in [0.15, 0.2) is 17.3 Å². The van der Waals surface area contributed by atoms with Crippen LogP contribution in [0.15, 0.2) is 30.0 Å². The van der Waals surface area contributed by atoms with Crippen molar-refractivity contribution >= 4 is 29.4 Å². The molecule has 1 aliphatic heterocycles. The number of rotatable bonds is 5. The summed E-state index contributed by atoms with van der Waals surface area (Å²) in [6.07, 6.45) is 4.97. The van der Waals surface area contributed by atoms with Crippen molar-refractivity contribution in [2.45, 2.75) is 0 Å². The molecule has 0 unspecified atom stereocenters. The van der Waals surface area contributed by atoms with E-state index in [9.17, 15) is 4.79 Å². The van der Waals surface area contributed by atoms with Gasteiger partial charge in [-0.15, -0.1) is 0 Å². The third-order valence-corrected chi connectivity index (χ3v) is 3.05. The number of nitrogens with one attached hydrogen (secondary N) is 1. The summed E-state index contributed by atoms with van der Waals surface area (Å²) in [5, 5.41) is 2.43. The lowest BCUT2D eigenvalue weighted by atomic mass is 10.1. The van der Waals surface area contributed by atoms with Crippen LogP contribution in [0.3, 0.4) is 0 Å². The molecule has 2 rings (SSSR count). The molecule has 1 aliphatic rings. The number of hydrogen-bond acceptors (Lipinski definition) is 6. The fourth-order valence-corrected chi connectivity index (χ4v) is 2.06. The molecule has 1 aromatic rings. The van der Waals surface area contributed by atoms with Crippen molar-refractivity contribution in [3.63, 3.8) is 0 Å². The van der Waals surface area contributed by atoms with Crippen molar-refractivity contribution in [2.24, 2.45) is 0 Å². The number of thiocarbonyl (C=S) groups is 1. The van der Waals surface area contributed by atoms with E-state index in [1.807, 2.05) is 0 Å². The molecular formula is C15H15NO5S. The van der Waals surface area contributed by atoms with Gasteiger partial charge in [-0.2, -0.15) is 0 Å². The van der Waals surface area contributed by atoms with Crippen LogP contribution in [0.1, 0.15) is 5.56 Å². The first kappa shape index (κ1) is 15.8. The quantitative estimate of drug-likeness (QED) is 0.661. The maximum atomic E-state index is 11.4. The zero-order chi connectivity index (χ0) is 16.1. The first-order valence-electron chi connectivity index (χ1n) is 6.30. The van der Waals surface area contributed by atoms with Gasteiger partial charge in [-0.05, 0) is 36.0 Å². The van der Waals surface area contributed by atoms with Crippen LogP contribution in [0.4, 0.5) is 0 Å². The van der Waals surface area contributed by atoms with E-state index in [0.29, 0.717) is 17.2 Å². The molecule has 116 valence electrons. The van der Waals surface area contributed by atoms with Gasteiger partial charge in [-0.25, -0.2) is 0 Å². The van der Waals surface area contributed by atoms with E-state index in [0.717, 1.165) is 5.56 Å². The Morgan fingerprint density at radius 1 is 1.14 bits per heavy atom. The summed E-state index contributed by atoms with van der Waals surface area (Å²) in [5.41, 5.74) is 0.812.